The van der Waals surface area contributed by atoms with E-state index in [0.29, 0.717) is 28.4 Å². The van der Waals surface area contributed by atoms with E-state index in [9.17, 15) is 4.39 Å². The van der Waals surface area contributed by atoms with Crippen molar-refractivity contribution >= 4 is 29.3 Å². The lowest BCUT2D eigenvalue weighted by Crippen LogP contribution is -2.06. The van der Waals surface area contributed by atoms with Crippen LogP contribution in [-0.2, 0) is 12.2 Å². The smallest absolute Gasteiger partial charge is 0.232 e. The minimum Gasteiger partial charge on any atom is -0.368 e. The number of nitrogens with one attached hydrogen (secondary N) is 2. The predicted octanol–water partition coefficient (Wildman–Crippen LogP) is 2.31. The number of benzene rings is 1. The molecule has 0 saturated carbocycles. The summed E-state index contributed by atoms with van der Waals surface area (Å²) >= 11 is 1.40. The molecule has 3 rings (SSSR count). The van der Waals surface area contributed by atoms with Crippen molar-refractivity contribution < 1.29 is 4.39 Å². The van der Waals surface area contributed by atoms with Crippen molar-refractivity contribution in [3.8, 4) is 0 Å². The van der Waals surface area contributed by atoms with E-state index in [4.69, 9.17) is 5.73 Å². The molecule has 0 amide bonds. The molecule has 124 valence electrons. The third kappa shape index (κ3) is 4.16. The van der Waals surface area contributed by atoms with Crippen molar-refractivity contribution in [1.29, 1.82) is 0 Å². The molecule has 24 heavy (non-hydrogen) atoms. The van der Waals surface area contributed by atoms with Gasteiger partial charge in [0.15, 0.2) is 0 Å². The Balaban J connectivity index is 1.69. The number of halogens is 1. The highest BCUT2D eigenvalue weighted by molar-refractivity contribution is 7.98. The molecule has 8 nitrogen and oxygen atoms in total. The topological polar surface area (TPSA) is 118 Å². The van der Waals surface area contributed by atoms with Crippen LogP contribution in [0.4, 0.5) is 22.0 Å². The second-order valence-corrected chi connectivity index (χ2v) is 5.71. The quantitative estimate of drug-likeness (QED) is 0.582. The van der Waals surface area contributed by atoms with Gasteiger partial charge >= 0.3 is 0 Å². The minimum absolute atomic E-state index is 0.106. The SMILES string of the molecule is CCc1nc(SCc2nc(N)nc(Nc3ccc(F)cc3)n2)n[nH]1. The third-order valence-electron chi connectivity index (χ3n) is 2.98. The fourth-order valence-corrected chi connectivity index (χ4v) is 2.52. The molecule has 2 aromatic heterocycles. The zero-order valence-corrected chi connectivity index (χ0v) is 13.6. The van der Waals surface area contributed by atoms with Crippen LogP contribution >= 0.6 is 11.8 Å². The summed E-state index contributed by atoms with van der Waals surface area (Å²) in [4.78, 5) is 16.7. The van der Waals surface area contributed by atoms with Crippen LogP contribution in [0.3, 0.4) is 0 Å². The summed E-state index contributed by atoms with van der Waals surface area (Å²) in [5, 5.41) is 10.5. The van der Waals surface area contributed by atoms with E-state index >= 15 is 0 Å². The van der Waals surface area contributed by atoms with Gasteiger partial charge in [-0.3, -0.25) is 5.10 Å². The van der Waals surface area contributed by atoms with Gasteiger partial charge in [0, 0.05) is 12.1 Å². The Kier molecular flexibility index (Phi) is 4.85. The normalized spacial score (nSPS) is 10.8. The minimum atomic E-state index is -0.314. The number of rotatable bonds is 6. The van der Waals surface area contributed by atoms with Crippen LogP contribution in [0.1, 0.15) is 18.6 Å². The highest BCUT2D eigenvalue weighted by atomic mass is 32.2. The van der Waals surface area contributed by atoms with Crippen molar-refractivity contribution in [3.63, 3.8) is 0 Å². The number of aromatic amines is 1. The molecule has 0 spiro atoms. The first-order valence-corrected chi connectivity index (χ1v) is 8.18. The fourth-order valence-electron chi connectivity index (χ4n) is 1.85. The molecule has 0 aliphatic rings. The lowest BCUT2D eigenvalue weighted by atomic mass is 10.3. The van der Waals surface area contributed by atoms with Gasteiger partial charge in [-0.2, -0.15) is 15.0 Å². The van der Waals surface area contributed by atoms with Gasteiger partial charge in [0.1, 0.15) is 17.5 Å². The molecular formula is C14H15FN8S. The number of nitrogen functional groups attached to an aromatic ring is 1. The van der Waals surface area contributed by atoms with E-state index in [0.717, 1.165) is 12.2 Å². The lowest BCUT2D eigenvalue weighted by molar-refractivity contribution is 0.628. The molecule has 0 bridgehead atoms. The average molecular weight is 346 g/mol. The van der Waals surface area contributed by atoms with Crippen LogP contribution < -0.4 is 11.1 Å². The number of aryl methyl sites for hydroxylation is 1. The van der Waals surface area contributed by atoms with Crippen molar-refractivity contribution in [1.82, 2.24) is 30.1 Å². The Bertz CT molecular complexity index is 820. The molecule has 0 aliphatic carbocycles. The van der Waals surface area contributed by atoms with Gasteiger partial charge < -0.3 is 11.1 Å². The van der Waals surface area contributed by atoms with Gasteiger partial charge in [-0.25, -0.2) is 9.37 Å². The molecule has 0 radical (unpaired) electrons. The summed E-state index contributed by atoms with van der Waals surface area (Å²) in [7, 11) is 0. The van der Waals surface area contributed by atoms with Crippen LogP contribution in [0.15, 0.2) is 29.4 Å². The number of hydrogen-bond acceptors (Lipinski definition) is 8. The predicted molar refractivity (Wildman–Crippen MR) is 89.2 cm³/mol. The number of H-pyrrole nitrogens is 1. The number of nitrogens with two attached hydrogens (primary N) is 1. The second-order valence-electron chi connectivity index (χ2n) is 4.77. The Hall–Kier alpha value is -2.75. The largest absolute Gasteiger partial charge is 0.368 e. The molecule has 4 N–H and O–H groups in total. The number of aromatic nitrogens is 6. The zero-order valence-electron chi connectivity index (χ0n) is 12.8. The maximum atomic E-state index is 12.9. The van der Waals surface area contributed by atoms with E-state index in [-0.39, 0.29) is 11.8 Å². The van der Waals surface area contributed by atoms with Gasteiger partial charge in [0.25, 0.3) is 0 Å². The molecule has 0 fully saturated rings. The highest BCUT2D eigenvalue weighted by Gasteiger charge is 2.08. The molecule has 2 heterocycles. The molecule has 0 saturated heterocycles. The molecule has 3 aromatic rings. The molecule has 10 heteroatoms. The fraction of sp³-hybridized carbons (Fsp3) is 0.214. The first-order chi connectivity index (χ1) is 11.6. The summed E-state index contributed by atoms with van der Waals surface area (Å²) in [5.74, 6) is 1.87. The molecule has 0 aliphatic heterocycles. The van der Waals surface area contributed by atoms with Crippen molar-refractivity contribution in [2.45, 2.75) is 24.3 Å². The van der Waals surface area contributed by atoms with Crippen LogP contribution in [0.25, 0.3) is 0 Å². The van der Waals surface area contributed by atoms with Crippen LogP contribution in [0.2, 0.25) is 0 Å². The first-order valence-electron chi connectivity index (χ1n) is 7.19. The monoisotopic (exact) mass is 346 g/mol. The van der Waals surface area contributed by atoms with Crippen molar-refractivity contribution in [2.24, 2.45) is 0 Å². The number of thioether (sulfide) groups is 1. The van der Waals surface area contributed by atoms with Crippen LogP contribution in [0.5, 0.6) is 0 Å². The second kappa shape index (κ2) is 7.21. The molecule has 0 atom stereocenters. The van der Waals surface area contributed by atoms with E-state index in [1.165, 1.54) is 23.9 Å². The Morgan fingerprint density at radius 1 is 1.17 bits per heavy atom. The van der Waals surface area contributed by atoms with Crippen LogP contribution in [-0.4, -0.2) is 30.1 Å². The van der Waals surface area contributed by atoms with E-state index < -0.39 is 0 Å². The van der Waals surface area contributed by atoms with Gasteiger partial charge in [-0.1, -0.05) is 18.7 Å². The number of hydrogen-bond donors (Lipinski definition) is 3. The summed E-state index contributed by atoms with van der Waals surface area (Å²) in [6.45, 7) is 2.00. The Labute approximate surface area is 141 Å². The summed E-state index contributed by atoms with van der Waals surface area (Å²) in [5.41, 5.74) is 6.38. The Morgan fingerprint density at radius 2 is 1.96 bits per heavy atom. The van der Waals surface area contributed by atoms with Gasteiger partial charge in [-0.15, -0.1) is 5.10 Å². The lowest BCUT2D eigenvalue weighted by Gasteiger charge is -2.06. The average Bonchev–Trinajstić information content (AvgIpc) is 3.03. The van der Waals surface area contributed by atoms with Crippen LogP contribution in [0, 0.1) is 5.82 Å². The number of anilines is 3. The van der Waals surface area contributed by atoms with Crippen molar-refractivity contribution in [2.75, 3.05) is 11.1 Å². The highest BCUT2D eigenvalue weighted by Crippen LogP contribution is 2.19. The maximum Gasteiger partial charge on any atom is 0.232 e. The number of nitrogens with zero attached hydrogens (tertiary/aromatic N) is 5. The van der Waals surface area contributed by atoms with Gasteiger partial charge in [-0.05, 0) is 24.3 Å². The summed E-state index contributed by atoms with van der Waals surface area (Å²) in [6, 6.07) is 5.86. The standard InChI is InChI=1S/C14H15FN8S/c1-2-10-20-14(23-22-10)24-7-11-18-12(16)21-13(19-11)17-9-5-3-8(15)4-6-9/h3-6H,2,7H2,1H3,(H,20,22,23)(H3,16,17,18,19,21). The summed E-state index contributed by atoms with van der Waals surface area (Å²) in [6.07, 6.45) is 0.790. The molecule has 1 aromatic carbocycles. The zero-order chi connectivity index (χ0) is 16.9. The summed E-state index contributed by atoms with van der Waals surface area (Å²) < 4.78 is 12.9. The Morgan fingerprint density at radius 3 is 2.67 bits per heavy atom. The maximum absolute atomic E-state index is 12.9. The van der Waals surface area contributed by atoms with E-state index in [1.807, 2.05) is 6.92 Å². The van der Waals surface area contributed by atoms with E-state index in [2.05, 4.69) is 35.5 Å². The first kappa shape index (κ1) is 16.1. The molecular weight excluding hydrogens is 331 g/mol. The van der Waals surface area contributed by atoms with Crippen molar-refractivity contribution in [3.05, 3.63) is 41.7 Å². The van der Waals surface area contributed by atoms with Gasteiger partial charge in [0.05, 0.1) is 5.75 Å². The van der Waals surface area contributed by atoms with E-state index in [1.54, 1.807) is 12.1 Å². The molecule has 0 unspecified atom stereocenters. The van der Waals surface area contributed by atoms with Gasteiger partial charge in [0.2, 0.25) is 17.1 Å². The third-order valence-corrected chi connectivity index (χ3v) is 3.82.